The first-order valence-corrected chi connectivity index (χ1v) is 5.78. The van der Waals surface area contributed by atoms with Gasteiger partial charge in [-0.25, -0.2) is 0 Å². The summed E-state index contributed by atoms with van der Waals surface area (Å²) in [6, 6.07) is 5.19. The van der Waals surface area contributed by atoms with E-state index in [2.05, 4.69) is 15.9 Å². The van der Waals surface area contributed by atoms with Crippen LogP contribution in [0.3, 0.4) is 0 Å². The summed E-state index contributed by atoms with van der Waals surface area (Å²) < 4.78 is 0.506. The molecule has 16 heavy (non-hydrogen) atoms. The summed E-state index contributed by atoms with van der Waals surface area (Å²) in [5.74, 6) is 0. The average Bonchev–Trinajstić information content (AvgIpc) is 2.20. The summed E-state index contributed by atoms with van der Waals surface area (Å²) in [6.07, 6.45) is 0.734. The molecule has 0 aliphatic rings. The van der Waals surface area contributed by atoms with Crippen LogP contribution in [0.25, 0.3) is 0 Å². The van der Waals surface area contributed by atoms with Crippen molar-refractivity contribution in [3.63, 3.8) is 0 Å². The Morgan fingerprint density at radius 2 is 2.12 bits per heavy atom. The number of nitro benzene ring substituents is 1. The van der Waals surface area contributed by atoms with E-state index in [1.807, 2.05) is 19.9 Å². The molecule has 4 nitrogen and oxygen atoms in total. The van der Waals surface area contributed by atoms with Crippen molar-refractivity contribution >= 4 is 21.6 Å². The summed E-state index contributed by atoms with van der Waals surface area (Å²) in [5, 5.41) is 10.8. The number of nitrogens with two attached hydrogens (primary N) is 1. The number of hydrogen-bond acceptors (Lipinski definition) is 3. The molecule has 0 aliphatic carbocycles. The van der Waals surface area contributed by atoms with Crippen molar-refractivity contribution in [1.82, 2.24) is 0 Å². The molecule has 1 rings (SSSR count). The third-order valence-electron chi connectivity index (χ3n) is 2.44. The molecular weight excluding hydrogens is 272 g/mol. The molecule has 0 unspecified atom stereocenters. The second kappa shape index (κ2) is 4.93. The lowest BCUT2D eigenvalue weighted by molar-refractivity contribution is -0.385. The fraction of sp³-hybridized carbons (Fsp3) is 0.455. The first kappa shape index (κ1) is 13.1. The van der Waals surface area contributed by atoms with Crippen LogP contribution in [0.5, 0.6) is 0 Å². The van der Waals surface area contributed by atoms with E-state index in [4.69, 9.17) is 5.73 Å². The topological polar surface area (TPSA) is 69.2 Å². The Bertz CT molecular complexity index is 405. The van der Waals surface area contributed by atoms with Gasteiger partial charge in [-0.3, -0.25) is 10.1 Å². The van der Waals surface area contributed by atoms with Crippen LogP contribution in [0.1, 0.15) is 19.4 Å². The van der Waals surface area contributed by atoms with E-state index in [1.165, 1.54) is 0 Å². The summed E-state index contributed by atoms with van der Waals surface area (Å²) in [7, 11) is 0. The van der Waals surface area contributed by atoms with E-state index in [-0.39, 0.29) is 16.0 Å². The van der Waals surface area contributed by atoms with Gasteiger partial charge in [0.2, 0.25) is 0 Å². The van der Waals surface area contributed by atoms with Gasteiger partial charge >= 0.3 is 0 Å². The molecule has 0 heterocycles. The van der Waals surface area contributed by atoms with Crippen LogP contribution in [-0.2, 0) is 6.42 Å². The molecular formula is C11H15BrN2O2. The maximum Gasteiger partial charge on any atom is 0.283 e. The molecule has 0 fully saturated rings. The van der Waals surface area contributed by atoms with Crippen molar-refractivity contribution < 1.29 is 4.92 Å². The van der Waals surface area contributed by atoms with Crippen LogP contribution >= 0.6 is 15.9 Å². The number of halogens is 1. The number of benzene rings is 1. The van der Waals surface area contributed by atoms with Gasteiger partial charge in [0.05, 0.1) is 9.40 Å². The fourth-order valence-electron chi connectivity index (χ4n) is 1.43. The first-order valence-electron chi connectivity index (χ1n) is 4.98. The smallest absolute Gasteiger partial charge is 0.283 e. The maximum atomic E-state index is 10.8. The highest BCUT2D eigenvalue weighted by Gasteiger charge is 2.19. The van der Waals surface area contributed by atoms with Gasteiger partial charge in [-0.1, -0.05) is 19.9 Å². The molecule has 5 heteroatoms. The summed E-state index contributed by atoms with van der Waals surface area (Å²) in [5.41, 5.74) is 6.64. The quantitative estimate of drug-likeness (QED) is 0.683. The zero-order chi connectivity index (χ0) is 12.3. The normalized spacial score (nSPS) is 11.5. The SMILES string of the molecule is CC(C)(CN)Cc1ccc(Br)c([N+](=O)[O-])c1. The van der Waals surface area contributed by atoms with Gasteiger partial charge in [-0.2, -0.15) is 0 Å². The molecule has 88 valence electrons. The van der Waals surface area contributed by atoms with Crippen LogP contribution in [-0.4, -0.2) is 11.5 Å². The van der Waals surface area contributed by atoms with Crippen LogP contribution in [0.15, 0.2) is 22.7 Å². The van der Waals surface area contributed by atoms with Gasteiger partial charge in [-0.05, 0) is 45.9 Å². The highest BCUT2D eigenvalue weighted by molar-refractivity contribution is 9.10. The molecule has 0 saturated carbocycles. The molecule has 0 aromatic heterocycles. The minimum atomic E-state index is -0.386. The minimum absolute atomic E-state index is 0.0400. The monoisotopic (exact) mass is 286 g/mol. The maximum absolute atomic E-state index is 10.8. The average molecular weight is 287 g/mol. The Kier molecular flexibility index (Phi) is 4.04. The van der Waals surface area contributed by atoms with Crippen molar-refractivity contribution in [3.8, 4) is 0 Å². The molecule has 0 aliphatic heterocycles. The highest BCUT2D eigenvalue weighted by Crippen LogP contribution is 2.28. The number of hydrogen-bond donors (Lipinski definition) is 1. The molecule has 0 amide bonds. The molecule has 2 N–H and O–H groups in total. The Labute approximate surface area is 103 Å². The summed E-state index contributed by atoms with van der Waals surface area (Å²) in [6.45, 7) is 4.64. The third-order valence-corrected chi connectivity index (χ3v) is 3.11. The standard InChI is InChI=1S/C11H15BrN2O2/c1-11(2,7-13)6-8-3-4-9(12)10(5-8)14(15)16/h3-5H,6-7,13H2,1-2H3. The summed E-state index contributed by atoms with van der Waals surface area (Å²) >= 11 is 3.16. The molecule has 0 atom stereocenters. The van der Waals surface area contributed by atoms with Crippen molar-refractivity contribution in [1.29, 1.82) is 0 Å². The second-order valence-corrected chi connectivity index (χ2v) is 5.44. The number of nitrogens with zero attached hydrogens (tertiary/aromatic N) is 1. The van der Waals surface area contributed by atoms with Crippen molar-refractivity contribution in [3.05, 3.63) is 38.3 Å². The second-order valence-electron chi connectivity index (χ2n) is 4.59. The number of rotatable bonds is 4. The van der Waals surface area contributed by atoms with Crippen molar-refractivity contribution in [2.45, 2.75) is 20.3 Å². The van der Waals surface area contributed by atoms with E-state index >= 15 is 0 Å². The van der Waals surface area contributed by atoms with E-state index in [0.29, 0.717) is 11.0 Å². The first-order chi connectivity index (χ1) is 7.35. The zero-order valence-electron chi connectivity index (χ0n) is 9.37. The van der Waals surface area contributed by atoms with E-state index < -0.39 is 0 Å². The fourth-order valence-corrected chi connectivity index (χ4v) is 1.82. The van der Waals surface area contributed by atoms with Crippen molar-refractivity contribution in [2.75, 3.05) is 6.54 Å². The van der Waals surface area contributed by atoms with Gasteiger partial charge < -0.3 is 5.73 Å². The van der Waals surface area contributed by atoms with Crippen molar-refractivity contribution in [2.24, 2.45) is 11.1 Å². The van der Waals surface area contributed by atoms with Crippen LogP contribution in [0.4, 0.5) is 5.69 Å². The van der Waals surface area contributed by atoms with Gasteiger partial charge in [0.15, 0.2) is 0 Å². The molecule has 1 aromatic carbocycles. The number of nitro groups is 1. The minimum Gasteiger partial charge on any atom is -0.330 e. The van der Waals surface area contributed by atoms with E-state index in [0.717, 1.165) is 12.0 Å². The van der Waals surface area contributed by atoms with Gasteiger partial charge in [0, 0.05) is 6.07 Å². The largest absolute Gasteiger partial charge is 0.330 e. The van der Waals surface area contributed by atoms with Crippen LogP contribution in [0.2, 0.25) is 0 Å². The summed E-state index contributed by atoms with van der Waals surface area (Å²) in [4.78, 5) is 10.4. The molecule has 0 spiro atoms. The molecule has 1 aromatic rings. The van der Waals surface area contributed by atoms with Crippen LogP contribution < -0.4 is 5.73 Å². The zero-order valence-corrected chi connectivity index (χ0v) is 11.0. The van der Waals surface area contributed by atoms with E-state index in [1.54, 1.807) is 12.1 Å². The molecule has 0 saturated heterocycles. The lowest BCUT2D eigenvalue weighted by Crippen LogP contribution is -2.25. The van der Waals surface area contributed by atoms with Gasteiger partial charge in [0.25, 0.3) is 5.69 Å². The lowest BCUT2D eigenvalue weighted by atomic mass is 9.86. The van der Waals surface area contributed by atoms with Gasteiger partial charge in [0.1, 0.15) is 0 Å². The predicted octanol–water partition coefficient (Wildman–Crippen LogP) is 2.88. The Morgan fingerprint density at radius 3 is 2.62 bits per heavy atom. The highest BCUT2D eigenvalue weighted by atomic mass is 79.9. The predicted molar refractivity (Wildman–Crippen MR) is 67.3 cm³/mol. The van der Waals surface area contributed by atoms with E-state index in [9.17, 15) is 10.1 Å². The van der Waals surface area contributed by atoms with Gasteiger partial charge in [-0.15, -0.1) is 0 Å². The molecule has 0 bridgehead atoms. The Morgan fingerprint density at radius 1 is 1.50 bits per heavy atom. The van der Waals surface area contributed by atoms with Crippen LogP contribution in [0, 0.1) is 15.5 Å². The Balaban J connectivity index is 3.00. The third kappa shape index (κ3) is 3.28. The molecule has 0 radical (unpaired) electrons. The Hall–Kier alpha value is -0.940. The lowest BCUT2D eigenvalue weighted by Gasteiger charge is -2.22.